The molecule has 1 rings (SSSR count). The van der Waals surface area contributed by atoms with Gasteiger partial charge in [0.15, 0.2) is 6.29 Å². The van der Waals surface area contributed by atoms with Crippen LogP contribution in [0.5, 0.6) is 0 Å². The molecule has 0 spiro atoms. The summed E-state index contributed by atoms with van der Waals surface area (Å²) in [5.41, 5.74) is 0. The van der Waals surface area contributed by atoms with Crippen LogP contribution in [0.25, 0.3) is 0 Å². The molecule has 1 saturated heterocycles. The van der Waals surface area contributed by atoms with E-state index < -0.39 is 74.2 Å². The number of aliphatic hydroxyl groups is 7. The lowest BCUT2D eigenvalue weighted by molar-refractivity contribution is -0.303. The van der Waals surface area contributed by atoms with Crippen LogP contribution < -0.4 is 5.32 Å². The van der Waals surface area contributed by atoms with E-state index >= 15 is 0 Å². The van der Waals surface area contributed by atoms with E-state index in [0.29, 0.717) is 12.8 Å². The number of unbranched alkanes of at least 4 members (excludes halogenated alkanes) is 48. The summed E-state index contributed by atoms with van der Waals surface area (Å²) in [4.78, 5) is 13.3. The average molecular weight is 1220 g/mol. The first kappa shape index (κ1) is 82.3. The summed E-state index contributed by atoms with van der Waals surface area (Å²) in [5, 5.41) is 76.5. The Balaban J connectivity index is 2.16. The molecule has 508 valence electrons. The lowest BCUT2D eigenvalue weighted by Gasteiger charge is -2.40. The summed E-state index contributed by atoms with van der Waals surface area (Å²) in [7, 11) is 0. The lowest BCUT2D eigenvalue weighted by Crippen LogP contribution is -2.60. The molecular weight excluding hydrogens is 1070 g/mol. The van der Waals surface area contributed by atoms with Crippen molar-refractivity contribution in [1.29, 1.82) is 0 Å². The van der Waals surface area contributed by atoms with Crippen LogP contribution in [0.4, 0.5) is 0 Å². The second kappa shape index (κ2) is 63.5. The summed E-state index contributed by atoms with van der Waals surface area (Å²) in [6, 6.07) is -1.19. The molecule has 1 aliphatic heterocycles. The third-order valence-corrected chi connectivity index (χ3v) is 18.2. The van der Waals surface area contributed by atoms with Crippen molar-refractivity contribution in [3.05, 3.63) is 36.5 Å². The van der Waals surface area contributed by atoms with Gasteiger partial charge in [-0.3, -0.25) is 4.79 Å². The fraction of sp³-hybridized carbons (Fsp3) is 0.907. The number of hydrogen-bond acceptors (Lipinski definition) is 10. The van der Waals surface area contributed by atoms with Crippen molar-refractivity contribution in [2.45, 2.75) is 422 Å². The molecule has 1 amide bonds. The van der Waals surface area contributed by atoms with Gasteiger partial charge in [0, 0.05) is 0 Å². The van der Waals surface area contributed by atoms with Crippen LogP contribution in [-0.4, -0.2) is 110 Å². The molecule has 0 saturated carbocycles. The Morgan fingerprint density at radius 1 is 0.407 bits per heavy atom. The van der Waals surface area contributed by atoms with Crippen LogP contribution in [-0.2, 0) is 14.3 Å². The maximum Gasteiger partial charge on any atom is 0.249 e. The van der Waals surface area contributed by atoms with Crippen molar-refractivity contribution in [2.75, 3.05) is 13.2 Å². The summed E-state index contributed by atoms with van der Waals surface area (Å²) in [6.45, 7) is 3.50. The number of nitrogens with one attached hydrogen (secondary N) is 1. The van der Waals surface area contributed by atoms with Gasteiger partial charge in [-0.15, -0.1) is 0 Å². The van der Waals surface area contributed by atoms with Crippen molar-refractivity contribution in [1.82, 2.24) is 5.32 Å². The van der Waals surface area contributed by atoms with E-state index in [-0.39, 0.29) is 12.8 Å². The Hall–Kier alpha value is -1.67. The first-order valence-corrected chi connectivity index (χ1v) is 37.4. The molecule has 1 aliphatic rings. The lowest BCUT2D eigenvalue weighted by atomic mass is 9.98. The van der Waals surface area contributed by atoms with Crippen LogP contribution >= 0.6 is 0 Å². The average Bonchev–Trinajstić information content (AvgIpc) is 2.54. The third kappa shape index (κ3) is 50.0. The zero-order valence-electron chi connectivity index (χ0n) is 56.3. The highest BCUT2D eigenvalue weighted by molar-refractivity contribution is 5.80. The van der Waals surface area contributed by atoms with Crippen molar-refractivity contribution in [3.63, 3.8) is 0 Å². The molecule has 11 nitrogen and oxygen atoms in total. The summed E-state index contributed by atoms with van der Waals surface area (Å²) in [6.07, 6.45) is 71.1. The highest BCUT2D eigenvalue weighted by Crippen LogP contribution is 2.24. The van der Waals surface area contributed by atoms with Gasteiger partial charge < -0.3 is 50.5 Å². The minimum Gasteiger partial charge on any atom is -0.394 e. The molecule has 1 fully saturated rings. The van der Waals surface area contributed by atoms with Gasteiger partial charge in [-0.05, 0) is 70.6 Å². The predicted octanol–water partition coefficient (Wildman–Crippen LogP) is 18.5. The van der Waals surface area contributed by atoms with Crippen LogP contribution in [0.1, 0.15) is 367 Å². The van der Waals surface area contributed by atoms with Crippen LogP contribution in [0.2, 0.25) is 0 Å². The monoisotopic (exact) mass is 1220 g/mol. The van der Waals surface area contributed by atoms with E-state index in [0.717, 1.165) is 44.9 Å². The Morgan fingerprint density at radius 2 is 0.721 bits per heavy atom. The SMILES string of the molecule is CCCCCCCCCCCCCCC/C=C\C/C=C\CCCCCCCCCCCCCCCCCCC(O)C(=O)NC(COC1OC(CO)C(O)C(O)C1O)C(O)C(O)CCC/C=C/CCCCCCCCCCCCCCCCCCCC. The second-order valence-electron chi connectivity index (χ2n) is 26.4. The van der Waals surface area contributed by atoms with Crippen molar-refractivity contribution >= 4 is 5.91 Å². The normalized spacial score (nSPS) is 18.9. The van der Waals surface area contributed by atoms with E-state index in [1.165, 1.54) is 283 Å². The first-order valence-electron chi connectivity index (χ1n) is 37.4. The molecule has 0 aromatic carbocycles. The topological polar surface area (TPSA) is 189 Å². The zero-order chi connectivity index (χ0) is 62.4. The molecule has 0 aromatic rings. The molecule has 0 aromatic heterocycles. The third-order valence-electron chi connectivity index (χ3n) is 18.2. The number of aliphatic hydroxyl groups excluding tert-OH is 7. The molecule has 86 heavy (non-hydrogen) atoms. The molecule has 0 bridgehead atoms. The van der Waals surface area contributed by atoms with E-state index in [1.807, 2.05) is 0 Å². The van der Waals surface area contributed by atoms with Crippen molar-refractivity contribution < 1.29 is 50.0 Å². The van der Waals surface area contributed by atoms with Gasteiger partial charge >= 0.3 is 0 Å². The maximum absolute atomic E-state index is 13.3. The van der Waals surface area contributed by atoms with E-state index in [9.17, 15) is 40.5 Å². The van der Waals surface area contributed by atoms with Gasteiger partial charge in [0.1, 0.15) is 36.6 Å². The van der Waals surface area contributed by atoms with E-state index in [4.69, 9.17) is 9.47 Å². The number of allylic oxidation sites excluding steroid dienone is 6. The summed E-state index contributed by atoms with van der Waals surface area (Å²) >= 11 is 0. The van der Waals surface area contributed by atoms with Gasteiger partial charge in [-0.1, -0.05) is 333 Å². The molecule has 11 heteroatoms. The number of carbonyl (C=O) groups excluding carboxylic acids is 1. The van der Waals surface area contributed by atoms with Gasteiger partial charge in [-0.2, -0.15) is 0 Å². The highest BCUT2D eigenvalue weighted by Gasteiger charge is 2.44. The van der Waals surface area contributed by atoms with Crippen molar-refractivity contribution in [2.24, 2.45) is 0 Å². The number of rotatable bonds is 66. The molecule has 1 heterocycles. The molecule has 8 N–H and O–H groups in total. The van der Waals surface area contributed by atoms with Crippen LogP contribution in [0.3, 0.4) is 0 Å². The van der Waals surface area contributed by atoms with Crippen LogP contribution in [0.15, 0.2) is 36.5 Å². The molecule has 9 atom stereocenters. The van der Waals surface area contributed by atoms with Crippen LogP contribution in [0, 0.1) is 0 Å². The number of amides is 1. The first-order chi connectivity index (χ1) is 42.2. The minimum absolute atomic E-state index is 0.256. The minimum atomic E-state index is -1.67. The fourth-order valence-electron chi connectivity index (χ4n) is 12.2. The molecule has 0 aliphatic carbocycles. The smallest absolute Gasteiger partial charge is 0.249 e. The van der Waals surface area contributed by atoms with Gasteiger partial charge in [-0.25, -0.2) is 0 Å². The standard InChI is InChI=1S/C75H143NO10/c1-3-5-7-9-11-13-15-17-19-21-23-25-27-28-29-30-31-32-33-34-35-36-37-38-39-41-43-45-47-49-51-53-55-57-59-61-63-68(79)74(84)76-66(65-85-75-73(83)72(82)71(81)69(64-77)86-75)70(80)67(78)62-60-58-56-54-52-50-48-46-44-42-40-26-24-22-20-18-16-14-12-10-8-6-4-2/h29-30,32-33,54,56,66-73,75,77-83H,3-28,31,34-53,55,57-65H2,1-2H3,(H,76,84)/b30-29-,33-32-,56-54+. The second-order valence-corrected chi connectivity index (χ2v) is 26.4. The molecule has 0 radical (unpaired) electrons. The number of ether oxygens (including phenoxy) is 2. The quantitative estimate of drug-likeness (QED) is 0.0215. The van der Waals surface area contributed by atoms with Crippen molar-refractivity contribution in [3.8, 4) is 0 Å². The Morgan fingerprint density at radius 3 is 1.07 bits per heavy atom. The van der Waals surface area contributed by atoms with Gasteiger partial charge in [0.25, 0.3) is 0 Å². The number of carbonyl (C=O) groups is 1. The summed E-state index contributed by atoms with van der Waals surface area (Å²) < 4.78 is 11.2. The maximum atomic E-state index is 13.3. The predicted molar refractivity (Wildman–Crippen MR) is 362 cm³/mol. The summed E-state index contributed by atoms with van der Waals surface area (Å²) in [5.74, 6) is -0.701. The number of hydrogen-bond donors (Lipinski definition) is 8. The zero-order valence-corrected chi connectivity index (χ0v) is 56.3. The van der Waals surface area contributed by atoms with E-state index in [2.05, 4.69) is 55.6 Å². The fourth-order valence-corrected chi connectivity index (χ4v) is 12.2. The molecular formula is C75H143NO10. The van der Waals surface area contributed by atoms with E-state index in [1.54, 1.807) is 0 Å². The Labute approximate surface area is 530 Å². The Kier molecular flexibility index (Phi) is 60.8. The van der Waals surface area contributed by atoms with Gasteiger partial charge in [0.2, 0.25) is 5.91 Å². The largest absolute Gasteiger partial charge is 0.394 e. The van der Waals surface area contributed by atoms with Gasteiger partial charge in [0.05, 0.1) is 25.4 Å². The molecule has 9 unspecified atom stereocenters. The highest BCUT2D eigenvalue weighted by atomic mass is 16.7. The Bertz CT molecular complexity index is 1490.